The first-order chi connectivity index (χ1) is 8.91. The summed E-state index contributed by atoms with van der Waals surface area (Å²) in [6.07, 6.45) is -3.22. The molecule has 1 aromatic carbocycles. The van der Waals surface area contributed by atoms with Crippen molar-refractivity contribution >= 4 is 0 Å². The molecule has 0 aliphatic carbocycles. The maximum atomic E-state index is 12.5. The second-order valence-corrected chi connectivity index (χ2v) is 4.09. The molecule has 0 fully saturated rings. The normalized spacial score (nSPS) is 11.3. The Balaban J connectivity index is 2.37. The van der Waals surface area contributed by atoms with Crippen molar-refractivity contribution in [3.8, 4) is 17.5 Å². The monoisotopic (exact) mass is 265 g/mol. The number of aromatic nitrogens is 2. The molecule has 0 saturated heterocycles. The van der Waals surface area contributed by atoms with E-state index in [9.17, 15) is 13.2 Å². The molecular formula is C13H10F3N3. The van der Waals surface area contributed by atoms with E-state index in [2.05, 4.69) is 4.98 Å². The molecule has 0 atom stereocenters. The highest BCUT2D eigenvalue weighted by molar-refractivity contribution is 5.56. The van der Waals surface area contributed by atoms with E-state index in [1.807, 2.05) is 6.07 Å². The minimum absolute atomic E-state index is 0.246. The second kappa shape index (κ2) is 4.76. The summed E-state index contributed by atoms with van der Waals surface area (Å²) in [6, 6.07) is 8.75. The van der Waals surface area contributed by atoms with Crippen molar-refractivity contribution in [2.75, 3.05) is 0 Å². The zero-order valence-corrected chi connectivity index (χ0v) is 10.1. The van der Waals surface area contributed by atoms with E-state index in [4.69, 9.17) is 5.26 Å². The molecule has 98 valence electrons. The summed E-state index contributed by atoms with van der Waals surface area (Å²) < 4.78 is 39.0. The molecule has 0 aliphatic rings. The van der Waals surface area contributed by atoms with Gasteiger partial charge in [0.1, 0.15) is 5.82 Å². The smallest absolute Gasteiger partial charge is 0.333 e. The van der Waals surface area contributed by atoms with Crippen molar-refractivity contribution in [1.82, 2.24) is 9.55 Å². The van der Waals surface area contributed by atoms with Crippen LogP contribution >= 0.6 is 0 Å². The van der Waals surface area contributed by atoms with Crippen LogP contribution in [-0.4, -0.2) is 9.55 Å². The summed E-state index contributed by atoms with van der Waals surface area (Å²) in [5, 5.41) is 8.55. The lowest BCUT2D eigenvalue weighted by Gasteiger charge is -2.02. The number of rotatable bonds is 2. The standard InChI is InChI=1S/C13H10F3N3/c1-19-8-11(13(14,15)16)18-12(19)10-4-2-9(3-5-10)6-7-17/h2-5,8H,6H2,1H3. The van der Waals surface area contributed by atoms with Gasteiger partial charge in [-0.3, -0.25) is 0 Å². The molecule has 0 amide bonds. The number of halogens is 3. The predicted molar refractivity (Wildman–Crippen MR) is 63.0 cm³/mol. The average Bonchev–Trinajstić information content (AvgIpc) is 2.73. The van der Waals surface area contributed by atoms with Crippen LogP contribution in [0.4, 0.5) is 13.2 Å². The van der Waals surface area contributed by atoms with Gasteiger partial charge in [0.05, 0.1) is 12.5 Å². The topological polar surface area (TPSA) is 41.6 Å². The number of hydrogen-bond donors (Lipinski definition) is 0. The molecule has 0 saturated carbocycles. The molecule has 0 radical (unpaired) electrons. The van der Waals surface area contributed by atoms with Crippen molar-refractivity contribution in [2.24, 2.45) is 7.05 Å². The fourth-order valence-corrected chi connectivity index (χ4v) is 1.73. The second-order valence-electron chi connectivity index (χ2n) is 4.09. The van der Waals surface area contributed by atoms with E-state index in [0.29, 0.717) is 5.56 Å². The predicted octanol–water partition coefficient (Wildman–Crippen LogP) is 3.17. The third kappa shape index (κ3) is 2.76. The molecule has 0 bridgehead atoms. The molecule has 0 unspecified atom stereocenters. The number of nitrogens with zero attached hydrogens (tertiary/aromatic N) is 3. The van der Waals surface area contributed by atoms with Crippen molar-refractivity contribution < 1.29 is 13.2 Å². The van der Waals surface area contributed by atoms with Crippen LogP contribution in [0, 0.1) is 11.3 Å². The summed E-state index contributed by atoms with van der Waals surface area (Å²) in [6.45, 7) is 0. The number of nitriles is 1. The molecular weight excluding hydrogens is 255 g/mol. The van der Waals surface area contributed by atoms with Gasteiger partial charge in [-0.25, -0.2) is 4.98 Å². The van der Waals surface area contributed by atoms with E-state index >= 15 is 0 Å². The van der Waals surface area contributed by atoms with Crippen LogP contribution < -0.4 is 0 Å². The van der Waals surface area contributed by atoms with Crippen LogP contribution in [0.25, 0.3) is 11.4 Å². The minimum atomic E-state index is -4.45. The fourth-order valence-electron chi connectivity index (χ4n) is 1.73. The highest BCUT2D eigenvalue weighted by Crippen LogP contribution is 2.30. The van der Waals surface area contributed by atoms with Crippen molar-refractivity contribution in [2.45, 2.75) is 12.6 Å². The van der Waals surface area contributed by atoms with E-state index < -0.39 is 11.9 Å². The van der Waals surface area contributed by atoms with Gasteiger partial charge < -0.3 is 4.57 Å². The van der Waals surface area contributed by atoms with Gasteiger partial charge in [0.25, 0.3) is 0 Å². The maximum absolute atomic E-state index is 12.5. The molecule has 0 N–H and O–H groups in total. The first kappa shape index (κ1) is 13.1. The molecule has 2 aromatic rings. The summed E-state index contributed by atoms with van der Waals surface area (Å²) in [5.41, 5.74) is 0.488. The fraction of sp³-hybridized carbons (Fsp3) is 0.231. The Labute approximate surface area is 107 Å². The van der Waals surface area contributed by atoms with Gasteiger partial charge in [-0.2, -0.15) is 18.4 Å². The maximum Gasteiger partial charge on any atom is 0.434 e. The molecule has 19 heavy (non-hydrogen) atoms. The number of hydrogen-bond acceptors (Lipinski definition) is 2. The SMILES string of the molecule is Cn1cc(C(F)(F)F)nc1-c1ccc(CC#N)cc1. The zero-order valence-electron chi connectivity index (χ0n) is 10.1. The van der Waals surface area contributed by atoms with Crippen molar-refractivity contribution in [3.63, 3.8) is 0 Å². The third-order valence-corrected chi connectivity index (χ3v) is 2.66. The quantitative estimate of drug-likeness (QED) is 0.836. The van der Waals surface area contributed by atoms with Crippen LogP contribution in [0.3, 0.4) is 0 Å². The first-order valence-electron chi connectivity index (χ1n) is 5.48. The Morgan fingerprint density at radius 1 is 1.26 bits per heavy atom. The number of imidazole rings is 1. The van der Waals surface area contributed by atoms with E-state index in [-0.39, 0.29) is 12.2 Å². The number of aryl methyl sites for hydroxylation is 1. The molecule has 2 rings (SSSR count). The molecule has 0 aliphatic heterocycles. The Morgan fingerprint density at radius 2 is 1.89 bits per heavy atom. The van der Waals surface area contributed by atoms with Crippen LogP contribution in [0.2, 0.25) is 0 Å². The Morgan fingerprint density at radius 3 is 2.37 bits per heavy atom. The lowest BCUT2D eigenvalue weighted by Crippen LogP contribution is -2.04. The van der Waals surface area contributed by atoms with Crippen LogP contribution in [-0.2, 0) is 19.6 Å². The van der Waals surface area contributed by atoms with Crippen molar-refractivity contribution in [1.29, 1.82) is 5.26 Å². The van der Waals surface area contributed by atoms with Crippen molar-refractivity contribution in [3.05, 3.63) is 41.7 Å². The summed E-state index contributed by atoms with van der Waals surface area (Å²) in [7, 11) is 1.51. The largest absolute Gasteiger partial charge is 0.434 e. The van der Waals surface area contributed by atoms with Gasteiger partial charge in [-0.1, -0.05) is 24.3 Å². The van der Waals surface area contributed by atoms with Gasteiger partial charge in [-0.05, 0) is 5.56 Å². The van der Waals surface area contributed by atoms with Gasteiger partial charge >= 0.3 is 6.18 Å². The molecule has 1 aromatic heterocycles. The van der Waals surface area contributed by atoms with Crippen LogP contribution in [0.5, 0.6) is 0 Å². The summed E-state index contributed by atoms with van der Waals surface area (Å²) in [4.78, 5) is 3.60. The molecule has 0 spiro atoms. The van der Waals surface area contributed by atoms with Gasteiger partial charge in [0.2, 0.25) is 0 Å². The van der Waals surface area contributed by atoms with E-state index in [0.717, 1.165) is 11.8 Å². The molecule has 6 heteroatoms. The number of alkyl halides is 3. The highest BCUT2D eigenvalue weighted by atomic mass is 19.4. The van der Waals surface area contributed by atoms with Gasteiger partial charge in [-0.15, -0.1) is 0 Å². The third-order valence-electron chi connectivity index (χ3n) is 2.66. The molecule has 3 nitrogen and oxygen atoms in total. The number of benzene rings is 1. The lowest BCUT2D eigenvalue weighted by molar-refractivity contribution is -0.140. The summed E-state index contributed by atoms with van der Waals surface area (Å²) >= 11 is 0. The van der Waals surface area contributed by atoms with Gasteiger partial charge in [0, 0.05) is 18.8 Å². The Kier molecular flexibility index (Phi) is 3.30. The Hall–Kier alpha value is -2.29. The zero-order chi connectivity index (χ0) is 14.0. The molecule has 1 heterocycles. The van der Waals surface area contributed by atoms with Crippen LogP contribution in [0.15, 0.2) is 30.5 Å². The van der Waals surface area contributed by atoms with Gasteiger partial charge in [0.15, 0.2) is 5.69 Å². The highest BCUT2D eigenvalue weighted by Gasteiger charge is 2.34. The Bertz CT molecular complexity index is 618. The van der Waals surface area contributed by atoms with E-state index in [1.165, 1.54) is 11.6 Å². The van der Waals surface area contributed by atoms with Crippen LogP contribution in [0.1, 0.15) is 11.3 Å². The average molecular weight is 265 g/mol. The summed E-state index contributed by atoms with van der Waals surface area (Å²) in [5.74, 6) is 0.246. The first-order valence-corrected chi connectivity index (χ1v) is 5.48. The minimum Gasteiger partial charge on any atom is -0.333 e. The van der Waals surface area contributed by atoms with E-state index in [1.54, 1.807) is 24.3 Å². The lowest BCUT2D eigenvalue weighted by atomic mass is 10.1.